The molecule has 1 aromatic rings. The Morgan fingerprint density at radius 1 is 1.16 bits per heavy atom. The summed E-state index contributed by atoms with van der Waals surface area (Å²) < 4.78 is 9.55. The van der Waals surface area contributed by atoms with Crippen LogP contribution in [0.25, 0.3) is 0 Å². The fourth-order valence-corrected chi connectivity index (χ4v) is 1.41. The lowest BCUT2D eigenvalue weighted by molar-refractivity contribution is -0.145. The molecule has 1 rings (SSSR count). The SMILES string of the molecule is C#Cc1ccc(COC(=O)CCCC(=O)OC)cc1. The van der Waals surface area contributed by atoms with Crippen LogP contribution >= 0.6 is 0 Å². The molecule has 0 fully saturated rings. The number of hydrogen-bond donors (Lipinski definition) is 0. The Bertz CT molecular complexity index is 468. The summed E-state index contributed by atoms with van der Waals surface area (Å²) in [7, 11) is 1.32. The van der Waals surface area contributed by atoms with Gasteiger partial charge in [-0.25, -0.2) is 0 Å². The van der Waals surface area contributed by atoms with Gasteiger partial charge in [-0.2, -0.15) is 0 Å². The molecule has 100 valence electrons. The van der Waals surface area contributed by atoms with E-state index < -0.39 is 0 Å². The van der Waals surface area contributed by atoms with Crippen LogP contribution in [0.1, 0.15) is 30.4 Å². The molecule has 0 radical (unpaired) electrons. The van der Waals surface area contributed by atoms with Crippen LogP contribution in [0, 0.1) is 12.3 Å². The molecule has 0 spiro atoms. The second-order valence-corrected chi connectivity index (χ2v) is 3.93. The highest BCUT2D eigenvalue weighted by molar-refractivity contribution is 5.72. The topological polar surface area (TPSA) is 52.6 Å². The Morgan fingerprint density at radius 2 is 1.79 bits per heavy atom. The number of ether oxygens (including phenoxy) is 2. The highest BCUT2D eigenvalue weighted by atomic mass is 16.5. The molecule has 0 atom stereocenters. The van der Waals surface area contributed by atoms with E-state index in [-0.39, 0.29) is 31.4 Å². The lowest BCUT2D eigenvalue weighted by Crippen LogP contribution is -2.06. The predicted molar refractivity (Wildman–Crippen MR) is 70.0 cm³/mol. The molecule has 0 unspecified atom stereocenters. The number of methoxy groups -OCH3 is 1. The molecule has 0 aliphatic rings. The van der Waals surface area contributed by atoms with Gasteiger partial charge in [-0.05, 0) is 24.1 Å². The third kappa shape index (κ3) is 5.73. The minimum atomic E-state index is -0.329. The van der Waals surface area contributed by atoms with Gasteiger partial charge in [0.15, 0.2) is 0 Å². The second kappa shape index (κ2) is 7.93. The fraction of sp³-hybridized carbons (Fsp3) is 0.333. The van der Waals surface area contributed by atoms with Crippen LogP contribution in [-0.2, 0) is 25.7 Å². The van der Waals surface area contributed by atoms with E-state index in [4.69, 9.17) is 11.2 Å². The van der Waals surface area contributed by atoms with Gasteiger partial charge >= 0.3 is 11.9 Å². The Labute approximate surface area is 112 Å². The van der Waals surface area contributed by atoms with Crippen LogP contribution in [0.2, 0.25) is 0 Å². The van der Waals surface area contributed by atoms with Crippen LogP contribution in [0.3, 0.4) is 0 Å². The molecule has 19 heavy (non-hydrogen) atoms. The van der Waals surface area contributed by atoms with Crippen LogP contribution in [0.5, 0.6) is 0 Å². The number of carbonyl (C=O) groups excluding carboxylic acids is 2. The van der Waals surface area contributed by atoms with Crippen LogP contribution < -0.4 is 0 Å². The van der Waals surface area contributed by atoms with Crippen molar-refractivity contribution in [3.05, 3.63) is 35.4 Å². The summed E-state index contributed by atoms with van der Waals surface area (Å²) in [5.74, 6) is 1.86. The van der Waals surface area contributed by atoms with Gasteiger partial charge in [0.05, 0.1) is 7.11 Å². The monoisotopic (exact) mass is 260 g/mol. The molecule has 0 N–H and O–H groups in total. The van der Waals surface area contributed by atoms with Gasteiger partial charge in [-0.1, -0.05) is 18.1 Å². The first-order valence-corrected chi connectivity index (χ1v) is 5.93. The maximum atomic E-state index is 11.4. The average Bonchev–Trinajstić information content (AvgIpc) is 2.45. The van der Waals surface area contributed by atoms with E-state index >= 15 is 0 Å². The van der Waals surface area contributed by atoms with Crippen molar-refractivity contribution in [1.82, 2.24) is 0 Å². The lowest BCUT2D eigenvalue weighted by atomic mass is 10.1. The molecule has 1 aromatic carbocycles. The van der Waals surface area contributed by atoms with Gasteiger partial charge in [0.2, 0.25) is 0 Å². The van der Waals surface area contributed by atoms with Gasteiger partial charge in [0.25, 0.3) is 0 Å². The maximum absolute atomic E-state index is 11.4. The van der Waals surface area contributed by atoms with Crippen molar-refractivity contribution in [2.45, 2.75) is 25.9 Å². The van der Waals surface area contributed by atoms with Crippen LogP contribution in [0.4, 0.5) is 0 Å². The van der Waals surface area contributed by atoms with Crippen molar-refractivity contribution in [2.75, 3.05) is 7.11 Å². The Morgan fingerprint density at radius 3 is 2.37 bits per heavy atom. The Kier molecular flexibility index (Phi) is 6.17. The maximum Gasteiger partial charge on any atom is 0.306 e. The zero-order valence-corrected chi connectivity index (χ0v) is 10.8. The highest BCUT2D eigenvalue weighted by Crippen LogP contribution is 2.06. The van der Waals surface area contributed by atoms with Gasteiger partial charge in [0, 0.05) is 18.4 Å². The summed E-state index contributed by atoms with van der Waals surface area (Å²) in [5.41, 5.74) is 1.66. The van der Waals surface area contributed by atoms with Crippen molar-refractivity contribution in [1.29, 1.82) is 0 Å². The minimum Gasteiger partial charge on any atom is -0.469 e. The molecule has 0 amide bonds. The van der Waals surface area contributed by atoms with E-state index in [1.165, 1.54) is 7.11 Å². The summed E-state index contributed by atoms with van der Waals surface area (Å²) in [6.07, 6.45) is 6.10. The molecule has 0 aromatic heterocycles. The first kappa shape index (κ1) is 14.8. The minimum absolute atomic E-state index is 0.206. The van der Waals surface area contributed by atoms with Crippen molar-refractivity contribution in [2.24, 2.45) is 0 Å². The van der Waals surface area contributed by atoms with E-state index in [0.717, 1.165) is 11.1 Å². The molecule has 4 heteroatoms. The molecule has 0 bridgehead atoms. The number of hydrogen-bond acceptors (Lipinski definition) is 4. The number of carbonyl (C=O) groups is 2. The molecule has 0 heterocycles. The van der Waals surface area contributed by atoms with Gasteiger partial charge in [-0.15, -0.1) is 6.42 Å². The fourth-order valence-electron chi connectivity index (χ4n) is 1.41. The molecule has 0 saturated carbocycles. The van der Waals surface area contributed by atoms with E-state index in [2.05, 4.69) is 10.7 Å². The highest BCUT2D eigenvalue weighted by Gasteiger charge is 2.06. The summed E-state index contributed by atoms with van der Waals surface area (Å²) >= 11 is 0. The zero-order chi connectivity index (χ0) is 14.1. The quantitative estimate of drug-likeness (QED) is 0.580. The van der Waals surface area contributed by atoms with Gasteiger partial charge < -0.3 is 9.47 Å². The number of rotatable bonds is 6. The van der Waals surface area contributed by atoms with Gasteiger partial charge in [-0.3, -0.25) is 9.59 Å². The van der Waals surface area contributed by atoms with Crippen molar-refractivity contribution in [3.8, 4) is 12.3 Å². The third-order valence-corrected chi connectivity index (χ3v) is 2.51. The summed E-state index contributed by atoms with van der Waals surface area (Å²) in [5, 5.41) is 0. The molecule has 4 nitrogen and oxygen atoms in total. The normalized spacial score (nSPS) is 9.47. The standard InChI is InChI=1S/C15H16O4/c1-3-12-7-9-13(10-8-12)11-19-15(17)6-4-5-14(16)18-2/h1,7-10H,4-6,11H2,2H3. The lowest BCUT2D eigenvalue weighted by Gasteiger charge is -2.05. The number of benzene rings is 1. The van der Waals surface area contributed by atoms with Crippen molar-refractivity contribution < 1.29 is 19.1 Å². The van der Waals surface area contributed by atoms with E-state index in [1.807, 2.05) is 12.1 Å². The van der Waals surface area contributed by atoms with Crippen molar-refractivity contribution in [3.63, 3.8) is 0 Å². The Balaban J connectivity index is 2.26. The molecule has 0 aliphatic carbocycles. The average molecular weight is 260 g/mol. The molecule has 0 saturated heterocycles. The van der Waals surface area contributed by atoms with Crippen molar-refractivity contribution >= 4 is 11.9 Å². The van der Waals surface area contributed by atoms with Crippen LogP contribution in [-0.4, -0.2) is 19.0 Å². The summed E-state index contributed by atoms with van der Waals surface area (Å²) in [6, 6.07) is 7.22. The second-order valence-electron chi connectivity index (χ2n) is 3.93. The summed E-state index contributed by atoms with van der Waals surface area (Å²) in [4.78, 5) is 22.2. The first-order chi connectivity index (χ1) is 9.15. The molecular formula is C15H16O4. The number of terminal acetylenes is 1. The zero-order valence-electron chi connectivity index (χ0n) is 10.8. The van der Waals surface area contributed by atoms with E-state index in [9.17, 15) is 9.59 Å². The Hall–Kier alpha value is -2.28. The predicted octanol–water partition coefficient (Wildman–Crippen LogP) is 2.05. The largest absolute Gasteiger partial charge is 0.469 e. The third-order valence-electron chi connectivity index (χ3n) is 2.51. The molecule has 0 aliphatic heterocycles. The number of esters is 2. The summed E-state index contributed by atoms with van der Waals surface area (Å²) in [6.45, 7) is 0.210. The van der Waals surface area contributed by atoms with Crippen LogP contribution in [0.15, 0.2) is 24.3 Å². The first-order valence-electron chi connectivity index (χ1n) is 5.93. The molecular weight excluding hydrogens is 244 g/mol. The van der Waals surface area contributed by atoms with Gasteiger partial charge in [0.1, 0.15) is 6.61 Å². The van der Waals surface area contributed by atoms with E-state index in [0.29, 0.717) is 6.42 Å². The van der Waals surface area contributed by atoms with E-state index in [1.54, 1.807) is 12.1 Å². The smallest absolute Gasteiger partial charge is 0.306 e.